The van der Waals surface area contributed by atoms with Crippen LogP contribution in [0.5, 0.6) is 0 Å². The average molecular weight is 293 g/mol. The number of hydrogen-bond acceptors (Lipinski definition) is 2. The van der Waals surface area contributed by atoms with E-state index in [0.29, 0.717) is 5.69 Å². The number of hydrogen-bond donors (Lipinski definition) is 0. The SMILES string of the molecule is Cc1ccc(CN(c2ccc(F)cc2)S(C)(=O)=O)cc1. The van der Waals surface area contributed by atoms with Gasteiger partial charge in [-0.15, -0.1) is 0 Å². The van der Waals surface area contributed by atoms with Crippen molar-refractivity contribution in [3.8, 4) is 0 Å². The zero-order valence-corrected chi connectivity index (χ0v) is 12.2. The second-order valence-electron chi connectivity index (χ2n) is 4.73. The maximum absolute atomic E-state index is 12.9. The lowest BCUT2D eigenvalue weighted by Gasteiger charge is -2.22. The monoisotopic (exact) mass is 293 g/mol. The highest BCUT2D eigenvalue weighted by Crippen LogP contribution is 2.21. The summed E-state index contributed by atoms with van der Waals surface area (Å²) in [5.41, 5.74) is 2.45. The highest BCUT2D eigenvalue weighted by atomic mass is 32.2. The molecule has 2 rings (SSSR count). The summed E-state index contributed by atoms with van der Waals surface area (Å²) < 4.78 is 38.1. The fourth-order valence-electron chi connectivity index (χ4n) is 1.87. The second kappa shape index (κ2) is 5.63. The van der Waals surface area contributed by atoms with E-state index in [-0.39, 0.29) is 6.54 Å². The van der Waals surface area contributed by atoms with Crippen molar-refractivity contribution in [3.05, 3.63) is 65.5 Å². The zero-order chi connectivity index (χ0) is 14.8. The Kier molecular flexibility index (Phi) is 4.09. The molecule has 106 valence electrons. The summed E-state index contributed by atoms with van der Waals surface area (Å²) in [6.45, 7) is 2.20. The van der Waals surface area contributed by atoms with Crippen LogP contribution in [-0.4, -0.2) is 14.7 Å². The molecule has 0 N–H and O–H groups in total. The Morgan fingerprint density at radius 3 is 2.05 bits per heavy atom. The number of rotatable bonds is 4. The maximum Gasteiger partial charge on any atom is 0.232 e. The molecule has 0 atom stereocenters. The van der Waals surface area contributed by atoms with Gasteiger partial charge < -0.3 is 0 Å². The summed E-state index contributed by atoms with van der Waals surface area (Å²) in [5, 5.41) is 0. The summed E-state index contributed by atoms with van der Waals surface area (Å²) in [7, 11) is -3.43. The second-order valence-corrected chi connectivity index (χ2v) is 6.64. The summed E-state index contributed by atoms with van der Waals surface area (Å²) in [4.78, 5) is 0. The first-order valence-electron chi connectivity index (χ1n) is 6.15. The van der Waals surface area contributed by atoms with Gasteiger partial charge in [0.15, 0.2) is 0 Å². The van der Waals surface area contributed by atoms with Gasteiger partial charge in [-0.1, -0.05) is 29.8 Å². The molecule has 0 amide bonds. The molecule has 0 saturated carbocycles. The van der Waals surface area contributed by atoms with Crippen LogP contribution in [0, 0.1) is 12.7 Å². The van der Waals surface area contributed by atoms with E-state index in [0.717, 1.165) is 17.4 Å². The van der Waals surface area contributed by atoms with Crippen LogP contribution in [0.1, 0.15) is 11.1 Å². The van der Waals surface area contributed by atoms with Crippen LogP contribution in [0.15, 0.2) is 48.5 Å². The van der Waals surface area contributed by atoms with Gasteiger partial charge in [0.25, 0.3) is 0 Å². The number of nitrogens with zero attached hydrogens (tertiary/aromatic N) is 1. The maximum atomic E-state index is 12.9. The average Bonchev–Trinajstić information content (AvgIpc) is 2.38. The topological polar surface area (TPSA) is 37.4 Å². The van der Waals surface area contributed by atoms with Crippen molar-refractivity contribution in [2.45, 2.75) is 13.5 Å². The number of sulfonamides is 1. The molecule has 3 nitrogen and oxygen atoms in total. The third kappa shape index (κ3) is 3.57. The van der Waals surface area contributed by atoms with E-state index >= 15 is 0 Å². The Morgan fingerprint density at radius 2 is 1.55 bits per heavy atom. The zero-order valence-electron chi connectivity index (χ0n) is 11.4. The van der Waals surface area contributed by atoms with Crippen molar-refractivity contribution in [3.63, 3.8) is 0 Å². The fraction of sp³-hybridized carbons (Fsp3) is 0.200. The van der Waals surface area contributed by atoms with Gasteiger partial charge in [-0.25, -0.2) is 12.8 Å². The van der Waals surface area contributed by atoms with E-state index in [9.17, 15) is 12.8 Å². The highest BCUT2D eigenvalue weighted by molar-refractivity contribution is 7.92. The van der Waals surface area contributed by atoms with E-state index in [1.807, 2.05) is 31.2 Å². The molecule has 0 heterocycles. The first-order chi connectivity index (χ1) is 9.36. The molecule has 2 aromatic rings. The number of benzene rings is 2. The van der Waals surface area contributed by atoms with Crippen LogP contribution in [0.4, 0.5) is 10.1 Å². The summed E-state index contributed by atoms with van der Waals surface area (Å²) in [5.74, 6) is -0.391. The predicted molar refractivity (Wildman–Crippen MR) is 78.6 cm³/mol. The minimum absolute atomic E-state index is 0.227. The molecule has 5 heteroatoms. The molecule has 0 spiro atoms. The molecule has 0 fully saturated rings. The molecule has 0 aliphatic rings. The normalized spacial score (nSPS) is 11.3. The van der Waals surface area contributed by atoms with Crippen LogP contribution in [0.3, 0.4) is 0 Å². The minimum Gasteiger partial charge on any atom is -0.266 e. The summed E-state index contributed by atoms with van der Waals surface area (Å²) in [6.07, 6.45) is 1.14. The van der Waals surface area contributed by atoms with Crippen LogP contribution >= 0.6 is 0 Å². The molecular formula is C15H16FNO2S. The Bertz CT molecular complexity index is 679. The smallest absolute Gasteiger partial charge is 0.232 e. The molecule has 0 unspecified atom stereocenters. The van der Waals surface area contributed by atoms with Crippen LogP contribution in [-0.2, 0) is 16.6 Å². The van der Waals surface area contributed by atoms with E-state index in [4.69, 9.17) is 0 Å². The third-order valence-electron chi connectivity index (χ3n) is 2.96. The molecule has 20 heavy (non-hydrogen) atoms. The van der Waals surface area contributed by atoms with E-state index in [1.54, 1.807) is 0 Å². The van der Waals surface area contributed by atoms with Crippen LogP contribution in [0.25, 0.3) is 0 Å². The number of halogens is 1. The van der Waals surface area contributed by atoms with Crippen molar-refractivity contribution >= 4 is 15.7 Å². The molecule has 0 aliphatic heterocycles. The van der Waals surface area contributed by atoms with Crippen molar-refractivity contribution in [1.29, 1.82) is 0 Å². The van der Waals surface area contributed by atoms with Gasteiger partial charge in [0.05, 0.1) is 18.5 Å². The molecular weight excluding hydrogens is 277 g/mol. The third-order valence-corrected chi connectivity index (χ3v) is 4.10. The van der Waals surface area contributed by atoms with Crippen molar-refractivity contribution in [1.82, 2.24) is 0 Å². The van der Waals surface area contributed by atoms with Gasteiger partial charge >= 0.3 is 0 Å². The molecule has 0 saturated heterocycles. The molecule has 0 bridgehead atoms. The Balaban J connectivity index is 2.34. The van der Waals surface area contributed by atoms with Crippen LogP contribution < -0.4 is 4.31 Å². The summed E-state index contributed by atoms with van der Waals surface area (Å²) in [6, 6.07) is 13.1. The minimum atomic E-state index is -3.43. The van der Waals surface area contributed by atoms with Crippen LogP contribution in [0.2, 0.25) is 0 Å². The van der Waals surface area contributed by atoms with Gasteiger partial charge in [0.2, 0.25) is 10.0 Å². The Hall–Kier alpha value is -1.88. The van der Waals surface area contributed by atoms with Gasteiger partial charge in [0, 0.05) is 0 Å². The van der Waals surface area contributed by atoms with Crippen molar-refractivity contribution in [2.75, 3.05) is 10.6 Å². The molecule has 2 aromatic carbocycles. The van der Waals surface area contributed by atoms with E-state index < -0.39 is 15.8 Å². The lowest BCUT2D eigenvalue weighted by molar-refractivity contribution is 0.596. The molecule has 0 radical (unpaired) electrons. The van der Waals surface area contributed by atoms with Crippen molar-refractivity contribution in [2.24, 2.45) is 0 Å². The van der Waals surface area contributed by atoms with Gasteiger partial charge in [0.1, 0.15) is 5.82 Å². The predicted octanol–water partition coefficient (Wildman–Crippen LogP) is 3.10. The molecule has 0 aromatic heterocycles. The lowest BCUT2D eigenvalue weighted by Crippen LogP contribution is -2.29. The van der Waals surface area contributed by atoms with Gasteiger partial charge in [-0.3, -0.25) is 4.31 Å². The van der Waals surface area contributed by atoms with Gasteiger partial charge in [-0.2, -0.15) is 0 Å². The van der Waals surface area contributed by atoms with E-state index in [2.05, 4.69) is 0 Å². The first-order valence-corrected chi connectivity index (χ1v) is 8.00. The van der Waals surface area contributed by atoms with Crippen molar-refractivity contribution < 1.29 is 12.8 Å². The Morgan fingerprint density at radius 1 is 1.00 bits per heavy atom. The van der Waals surface area contributed by atoms with Gasteiger partial charge in [-0.05, 0) is 36.8 Å². The largest absolute Gasteiger partial charge is 0.266 e. The number of anilines is 1. The molecule has 0 aliphatic carbocycles. The Labute approximate surface area is 118 Å². The summed E-state index contributed by atoms with van der Waals surface area (Å²) >= 11 is 0. The lowest BCUT2D eigenvalue weighted by atomic mass is 10.1. The number of aryl methyl sites for hydroxylation is 1. The first kappa shape index (κ1) is 14.5. The highest BCUT2D eigenvalue weighted by Gasteiger charge is 2.17. The fourth-order valence-corrected chi connectivity index (χ4v) is 2.75. The van der Waals surface area contributed by atoms with E-state index in [1.165, 1.54) is 28.6 Å². The quantitative estimate of drug-likeness (QED) is 0.868. The standard InChI is InChI=1S/C15H16FNO2S/c1-12-3-5-13(6-4-12)11-17(20(2,18)19)15-9-7-14(16)8-10-15/h3-10H,11H2,1-2H3.